The minimum Gasteiger partial charge on any atom is -0.455 e. The molecule has 4 aliphatic rings. The maximum absolute atomic E-state index is 6.95. The maximum atomic E-state index is 6.95. The normalized spacial score (nSPS) is 15.5. The summed E-state index contributed by atoms with van der Waals surface area (Å²) in [6, 6.07) is 75.7. The Hall–Kier alpha value is -7.94. The number of para-hydroxylation sites is 1. The van der Waals surface area contributed by atoms with Gasteiger partial charge in [0.25, 0.3) is 0 Å². The van der Waals surface area contributed by atoms with Crippen LogP contribution in [0.5, 0.6) is 0 Å². The third-order valence-electron chi connectivity index (χ3n) is 16.4. The van der Waals surface area contributed by atoms with Gasteiger partial charge in [-0.1, -0.05) is 179 Å². The van der Waals surface area contributed by atoms with Gasteiger partial charge in [0.1, 0.15) is 11.2 Å². The van der Waals surface area contributed by atoms with Crippen molar-refractivity contribution in [1.29, 1.82) is 0 Å². The number of nitrogens with zero attached hydrogens (tertiary/aromatic N) is 1. The molecule has 2 heteroatoms. The molecule has 67 heavy (non-hydrogen) atoms. The first-order chi connectivity index (χ1) is 32.7. The summed E-state index contributed by atoms with van der Waals surface area (Å²) >= 11 is 0. The highest BCUT2D eigenvalue weighted by Crippen LogP contribution is 2.65. The maximum Gasteiger partial charge on any atom is 0.143 e. The van der Waals surface area contributed by atoms with Gasteiger partial charge in [-0.2, -0.15) is 0 Å². The van der Waals surface area contributed by atoms with E-state index in [4.69, 9.17) is 4.42 Å². The Morgan fingerprint density at radius 2 is 0.896 bits per heavy atom. The van der Waals surface area contributed by atoms with E-state index in [0.717, 1.165) is 33.3 Å². The predicted molar refractivity (Wildman–Crippen MR) is 277 cm³/mol. The summed E-state index contributed by atoms with van der Waals surface area (Å²) in [4.78, 5) is 2.58. The van der Waals surface area contributed by atoms with E-state index < -0.39 is 5.41 Å². The fraction of sp³-hybridized carbons (Fsp3) is 0.108. The van der Waals surface area contributed by atoms with Gasteiger partial charge in [-0.25, -0.2) is 0 Å². The fourth-order valence-corrected chi connectivity index (χ4v) is 13.4. The van der Waals surface area contributed by atoms with Crippen LogP contribution in [-0.4, -0.2) is 0 Å². The summed E-state index contributed by atoms with van der Waals surface area (Å²) in [6.07, 6.45) is 0. The molecule has 0 unspecified atom stereocenters. The van der Waals surface area contributed by atoms with E-state index in [0.29, 0.717) is 0 Å². The minimum absolute atomic E-state index is 0.157. The number of rotatable bonds is 3. The molecule has 0 radical (unpaired) electrons. The number of hydrogen-bond donors (Lipinski definition) is 0. The molecule has 2 nitrogen and oxygen atoms in total. The van der Waals surface area contributed by atoms with Crippen LogP contribution in [0.25, 0.3) is 77.2 Å². The van der Waals surface area contributed by atoms with E-state index in [1.807, 2.05) is 0 Å². The Bertz CT molecular complexity index is 3960. The third-order valence-corrected chi connectivity index (χ3v) is 16.4. The topological polar surface area (TPSA) is 16.4 Å². The molecule has 1 heterocycles. The van der Waals surface area contributed by atoms with Gasteiger partial charge >= 0.3 is 0 Å². The zero-order valence-corrected chi connectivity index (χ0v) is 37.9. The monoisotopic (exact) mass is 855 g/mol. The molecule has 0 atom stereocenters. The lowest BCUT2D eigenvalue weighted by Crippen LogP contribution is -2.26. The van der Waals surface area contributed by atoms with Crippen LogP contribution in [0, 0.1) is 0 Å². The number of anilines is 3. The summed E-state index contributed by atoms with van der Waals surface area (Å²) in [7, 11) is 0. The molecule has 1 spiro atoms. The van der Waals surface area contributed by atoms with Gasteiger partial charge < -0.3 is 9.32 Å². The second kappa shape index (κ2) is 12.7. The third kappa shape index (κ3) is 4.56. The highest BCUT2D eigenvalue weighted by molar-refractivity contribution is 6.13. The smallest absolute Gasteiger partial charge is 0.143 e. The lowest BCUT2D eigenvalue weighted by atomic mass is 9.70. The van der Waals surface area contributed by atoms with Crippen LogP contribution in [0.4, 0.5) is 17.1 Å². The van der Waals surface area contributed by atoms with Crippen LogP contribution in [0.1, 0.15) is 72.2 Å². The molecule has 0 saturated heterocycles. The summed E-state index contributed by atoms with van der Waals surface area (Å²) in [5.41, 5.74) is 25.3. The van der Waals surface area contributed by atoms with E-state index in [1.54, 1.807) is 0 Å². The second-order valence-corrected chi connectivity index (χ2v) is 20.3. The lowest BCUT2D eigenvalue weighted by Gasteiger charge is -2.33. The lowest BCUT2D eigenvalue weighted by molar-refractivity contribution is 0.660. The van der Waals surface area contributed by atoms with Crippen molar-refractivity contribution in [3.8, 4) is 44.5 Å². The van der Waals surface area contributed by atoms with Crippen molar-refractivity contribution < 1.29 is 4.42 Å². The van der Waals surface area contributed by atoms with Crippen molar-refractivity contribution in [1.82, 2.24) is 0 Å². The van der Waals surface area contributed by atoms with Crippen molar-refractivity contribution in [3.63, 3.8) is 0 Å². The number of fused-ring (bicyclic) bond motifs is 21. The van der Waals surface area contributed by atoms with Crippen molar-refractivity contribution in [3.05, 3.63) is 245 Å². The molecule has 10 aromatic carbocycles. The molecule has 0 amide bonds. The first-order valence-electron chi connectivity index (χ1n) is 23.8. The largest absolute Gasteiger partial charge is 0.455 e. The number of benzene rings is 10. The summed E-state index contributed by atoms with van der Waals surface area (Å²) < 4.78 is 6.95. The highest BCUT2D eigenvalue weighted by atomic mass is 16.3. The van der Waals surface area contributed by atoms with Gasteiger partial charge in [0.2, 0.25) is 0 Å². The Balaban J connectivity index is 1.03. The Morgan fingerprint density at radius 3 is 1.66 bits per heavy atom. The average molecular weight is 856 g/mol. The molecule has 4 aliphatic carbocycles. The molecule has 0 aliphatic heterocycles. The van der Waals surface area contributed by atoms with Gasteiger partial charge in [-0.15, -0.1) is 0 Å². The van der Waals surface area contributed by atoms with Gasteiger partial charge in [0.05, 0.1) is 11.1 Å². The molecule has 0 fully saturated rings. The Labute approximate surface area is 390 Å². The highest BCUT2D eigenvalue weighted by Gasteiger charge is 2.53. The predicted octanol–water partition coefficient (Wildman–Crippen LogP) is 17.2. The van der Waals surface area contributed by atoms with Crippen molar-refractivity contribution in [2.45, 2.75) is 43.9 Å². The molecule has 0 saturated carbocycles. The van der Waals surface area contributed by atoms with E-state index in [-0.39, 0.29) is 10.8 Å². The SMILES string of the molecule is CC1(C)c2cc(N(c3ccc4c(c3)C3(c5ccccc5-c5ccccc53)c3ccc5c(oc6ccccc65)c3-4)c3cccc4c3-c3ccccc3C4(C)C)ccc2-c2cc3ccccc3cc21. The van der Waals surface area contributed by atoms with E-state index in [1.165, 1.54) is 105 Å². The summed E-state index contributed by atoms with van der Waals surface area (Å²) in [5.74, 6) is 0. The Kier molecular flexibility index (Phi) is 7.06. The molecule has 11 aromatic rings. The van der Waals surface area contributed by atoms with E-state index >= 15 is 0 Å². The minimum atomic E-state index is -0.566. The van der Waals surface area contributed by atoms with Gasteiger partial charge in [-0.05, 0) is 137 Å². The van der Waals surface area contributed by atoms with E-state index in [2.05, 4.69) is 233 Å². The van der Waals surface area contributed by atoms with Crippen LogP contribution in [0.2, 0.25) is 0 Å². The first kappa shape index (κ1) is 37.3. The zero-order valence-electron chi connectivity index (χ0n) is 37.9. The van der Waals surface area contributed by atoms with Crippen molar-refractivity contribution in [2.24, 2.45) is 0 Å². The standard InChI is InChI=1S/C65H45NO/c1-63(2)50-22-11-9-21-47(50)60-53(63)25-15-26-58(60)66(40-28-30-44-49-34-38-16-5-6-17-39(38)35-55(49)64(3,4)56(44)36-40)41-29-31-48-57(37-41)65(51-23-12-7-18-42(51)43-19-8-13-24-52(43)65)54-33-32-46-45-20-10-14-27-59(45)67-62(46)61(48)54/h5-37H,1-4H3. The van der Waals surface area contributed by atoms with E-state index in [9.17, 15) is 0 Å². The van der Waals surface area contributed by atoms with Gasteiger partial charge in [0, 0.05) is 44.1 Å². The average Bonchev–Trinajstić information content (AvgIpc) is 4.10. The zero-order chi connectivity index (χ0) is 44.6. The molecule has 0 N–H and O–H groups in total. The second-order valence-electron chi connectivity index (χ2n) is 20.3. The number of furan rings is 1. The molecular formula is C65H45NO. The van der Waals surface area contributed by atoms with Crippen LogP contribution in [0.3, 0.4) is 0 Å². The number of hydrogen-bond acceptors (Lipinski definition) is 2. The van der Waals surface area contributed by atoms with Gasteiger partial charge in [0.15, 0.2) is 0 Å². The molecule has 316 valence electrons. The quantitative estimate of drug-likeness (QED) is 0.176. The van der Waals surface area contributed by atoms with Crippen LogP contribution >= 0.6 is 0 Å². The summed E-state index contributed by atoms with van der Waals surface area (Å²) in [6.45, 7) is 9.58. The Morgan fingerprint density at radius 1 is 0.343 bits per heavy atom. The molecule has 15 rings (SSSR count). The molecule has 0 bridgehead atoms. The van der Waals surface area contributed by atoms with Crippen molar-refractivity contribution in [2.75, 3.05) is 4.90 Å². The molecule has 1 aromatic heterocycles. The summed E-state index contributed by atoms with van der Waals surface area (Å²) in [5, 5.41) is 4.86. The van der Waals surface area contributed by atoms with Crippen LogP contribution in [-0.2, 0) is 16.2 Å². The van der Waals surface area contributed by atoms with Gasteiger partial charge in [-0.3, -0.25) is 0 Å². The molecular weight excluding hydrogens is 811 g/mol. The van der Waals surface area contributed by atoms with Crippen molar-refractivity contribution >= 4 is 49.8 Å². The van der Waals surface area contributed by atoms with Crippen LogP contribution < -0.4 is 4.90 Å². The van der Waals surface area contributed by atoms with Crippen LogP contribution in [0.15, 0.2) is 205 Å². The first-order valence-corrected chi connectivity index (χ1v) is 23.8. The fourth-order valence-electron chi connectivity index (χ4n) is 13.4.